The van der Waals surface area contributed by atoms with Crippen LogP contribution in [0.1, 0.15) is 30.4 Å². The number of sulfone groups is 1. The van der Waals surface area contributed by atoms with Gasteiger partial charge in [-0.15, -0.1) is 0 Å². The minimum absolute atomic E-state index is 0.0344. The predicted molar refractivity (Wildman–Crippen MR) is 59.8 cm³/mol. The molecule has 3 N–H and O–H groups in total. The van der Waals surface area contributed by atoms with Crippen LogP contribution in [0.25, 0.3) is 0 Å². The van der Waals surface area contributed by atoms with Gasteiger partial charge in [0.25, 0.3) is 0 Å². The lowest BCUT2D eigenvalue weighted by atomic mass is 10.1. The zero-order valence-electron chi connectivity index (χ0n) is 9.02. The summed E-state index contributed by atoms with van der Waals surface area (Å²) in [5, 5.41) is 6.91. The topological polar surface area (TPSA) is 102 Å². The third-order valence-corrected chi connectivity index (χ3v) is 4.53. The average Bonchev–Trinajstić information content (AvgIpc) is 2.81. The zero-order valence-corrected chi connectivity index (χ0v) is 9.83. The van der Waals surface area contributed by atoms with E-state index in [1.807, 2.05) is 0 Å². The molecule has 2 heterocycles. The molecule has 0 spiro atoms. The van der Waals surface area contributed by atoms with Crippen LogP contribution in [0.4, 0.5) is 0 Å². The standard InChI is InChI=1S/C9H16N4O2S/c10-4-1-2-8-11-9(13-12-8)7-3-5-16(14,15)6-7/h7H,1-6,10H2,(H,11,12,13). The highest BCUT2D eigenvalue weighted by molar-refractivity contribution is 7.91. The van der Waals surface area contributed by atoms with Crippen LogP contribution in [0.3, 0.4) is 0 Å². The Kier molecular flexibility index (Phi) is 3.25. The molecule has 1 unspecified atom stereocenters. The Morgan fingerprint density at radius 2 is 2.31 bits per heavy atom. The van der Waals surface area contributed by atoms with Gasteiger partial charge in [-0.05, 0) is 19.4 Å². The van der Waals surface area contributed by atoms with Crippen molar-refractivity contribution in [1.82, 2.24) is 15.2 Å². The number of aryl methyl sites for hydroxylation is 1. The van der Waals surface area contributed by atoms with E-state index in [-0.39, 0.29) is 17.4 Å². The van der Waals surface area contributed by atoms with Crippen LogP contribution in [0.15, 0.2) is 0 Å². The Hall–Kier alpha value is -0.950. The summed E-state index contributed by atoms with van der Waals surface area (Å²) < 4.78 is 22.6. The Balaban J connectivity index is 2.02. The second-order valence-corrected chi connectivity index (χ2v) is 6.36. The first-order valence-corrected chi connectivity index (χ1v) is 7.24. The van der Waals surface area contributed by atoms with Crippen molar-refractivity contribution in [3.05, 3.63) is 11.6 Å². The van der Waals surface area contributed by atoms with Crippen molar-refractivity contribution in [3.8, 4) is 0 Å². The maximum absolute atomic E-state index is 11.3. The van der Waals surface area contributed by atoms with Gasteiger partial charge in [-0.25, -0.2) is 13.4 Å². The third kappa shape index (κ3) is 2.59. The second kappa shape index (κ2) is 4.50. The highest BCUT2D eigenvalue weighted by Gasteiger charge is 2.31. The first kappa shape index (κ1) is 11.5. The number of nitrogens with two attached hydrogens (primary N) is 1. The first-order valence-electron chi connectivity index (χ1n) is 5.42. The molecule has 1 aromatic rings. The van der Waals surface area contributed by atoms with E-state index in [0.717, 1.165) is 18.7 Å². The zero-order chi connectivity index (χ0) is 11.6. The van der Waals surface area contributed by atoms with Gasteiger partial charge in [0.05, 0.1) is 11.5 Å². The van der Waals surface area contributed by atoms with Gasteiger partial charge in [-0.3, -0.25) is 5.10 Å². The molecule has 0 saturated carbocycles. The summed E-state index contributed by atoms with van der Waals surface area (Å²) >= 11 is 0. The van der Waals surface area contributed by atoms with Crippen LogP contribution in [0, 0.1) is 0 Å². The highest BCUT2D eigenvalue weighted by atomic mass is 32.2. The molecule has 1 aliphatic rings. The highest BCUT2D eigenvalue weighted by Crippen LogP contribution is 2.26. The van der Waals surface area contributed by atoms with E-state index in [0.29, 0.717) is 18.8 Å². The number of rotatable bonds is 4. The van der Waals surface area contributed by atoms with Crippen molar-refractivity contribution in [3.63, 3.8) is 0 Å². The summed E-state index contributed by atoms with van der Waals surface area (Å²) in [4.78, 5) is 4.31. The number of hydrogen-bond donors (Lipinski definition) is 2. The van der Waals surface area contributed by atoms with Gasteiger partial charge < -0.3 is 5.73 Å². The number of aromatic nitrogens is 3. The molecule has 7 heteroatoms. The summed E-state index contributed by atoms with van der Waals surface area (Å²) in [6, 6.07) is 0. The molecule has 0 radical (unpaired) electrons. The fourth-order valence-corrected chi connectivity index (χ4v) is 3.61. The van der Waals surface area contributed by atoms with Gasteiger partial charge in [0, 0.05) is 12.3 Å². The molecule has 16 heavy (non-hydrogen) atoms. The van der Waals surface area contributed by atoms with E-state index in [2.05, 4.69) is 15.2 Å². The van der Waals surface area contributed by atoms with Crippen LogP contribution in [-0.4, -0.2) is 41.6 Å². The van der Waals surface area contributed by atoms with Crippen LogP contribution in [0.5, 0.6) is 0 Å². The van der Waals surface area contributed by atoms with E-state index in [1.54, 1.807) is 0 Å². The molecule has 0 amide bonds. The van der Waals surface area contributed by atoms with Gasteiger partial charge in [-0.1, -0.05) is 0 Å². The van der Waals surface area contributed by atoms with Gasteiger partial charge in [-0.2, -0.15) is 5.10 Å². The van der Waals surface area contributed by atoms with E-state index >= 15 is 0 Å². The van der Waals surface area contributed by atoms with Crippen LogP contribution >= 0.6 is 0 Å². The van der Waals surface area contributed by atoms with Crippen molar-refractivity contribution in [2.75, 3.05) is 18.1 Å². The van der Waals surface area contributed by atoms with Crippen LogP contribution in [0.2, 0.25) is 0 Å². The minimum Gasteiger partial charge on any atom is -0.330 e. The lowest BCUT2D eigenvalue weighted by Gasteiger charge is -1.99. The maximum Gasteiger partial charge on any atom is 0.154 e. The van der Waals surface area contributed by atoms with Crippen molar-refractivity contribution in [2.24, 2.45) is 5.73 Å². The Labute approximate surface area is 94.6 Å². The fraction of sp³-hybridized carbons (Fsp3) is 0.778. The largest absolute Gasteiger partial charge is 0.330 e. The summed E-state index contributed by atoms with van der Waals surface area (Å²) in [5.74, 6) is 1.83. The molecule has 0 bridgehead atoms. The summed E-state index contributed by atoms with van der Waals surface area (Å²) in [6.45, 7) is 0.619. The molecule has 1 atom stereocenters. The van der Waals surface area contributed by atoms with Crippen molar-refractivity contribution < 1.29 is 8.42 Å². The molecule has 2 rings (SSSR count). The minimum atomic E-state index is -2.87. The van der Waals surface area contributed by atoms with Gasteiger partial charge in [0.2, 0.25) is 0 Å². The lowest BCUT2D eigenvalue weighted by Crippen LogP contribution is -2.05. The van der Waals surface area contributed by atoms with E-state index in [1.165, 1.54) is 0 Å². The van der Waals surface area contributed by atoms with E-state index in [4.69, 9.17) is 5.73 Å². The van der Waals surface area contributed by atoms with E-state index in [9.17, 15) is 8.42 Å². The normalized spacial score (nSPS) is 23.7. The van der Waals surface area contributed by atoms with Gasteiger partial charge in [0.15, 0.2) is 15.7 Å². The lowest BCUT2D eigenvalue weighted by molar-refractivity contribution is 0.601. The monoisotopic (exact) mass is 244 g/mol. The third-order valence-electron chi connectivity index (χ3n) is 2.76. The molecule has 0 aromatic carbocycles. The van der Waals surface area contributed by atoms with Crippen LogP contribution < -0.4 is 5.73 Å². The molecule has 1 saturated heterocycles. The van der Waals surface area contributed by atoms with Crippen LogP contribution in [-0.2, 0) is 16.3 Å². The van der Waals surface area contributed by atoms with Gasteiger partial charge in [0.1, 0.15) is 5.82 Å². The molecular formula is C9H16N4O2S. The van der Waals surface area contributed by atoms with Crippen molar-refractivity contribution >= 4 is 9.84 Å². The molecule has 1 aromatic heterocycles. The fourth-order valence-electron chi connectivity index (χ4n) is 1.87. The molecule has 1 fully saturated rings. The molecule has 6 nitrogen and oxygen atoms in total. The second-order valence-electron chi connectivity index (χ2n) is 4.13. The molecular weight excluding hydrogens is 228 g/mol. The Morgan fingerprint density at radius 3 is 2.94 bits per heavy atom. The quantitative estimate of drug-likeness (QED) is 0.750. The number of nitrogens with one attached hydrogen (secondary N) is 1. The van der Waals surface area contributed by atoms with Crippen molar-refractivity contribution in [1.29, 1.82) is 0 Å². The maximum atomic E-state index is 11.3. The number of aromatic amines is 1. The van der Waals surface area contributed by atoms with E-state index < -0.39 is 9.84 Å². The Morgan fingerprint density at radius 1 is 1.50 bits per heavy atom. The number of H-pyrrole nitrogens is 1. The summed E-state index contributed by atoms with van der Waals surface area (Å²) in [5.41, 5.74) is 5.40. The molecule has 1 aliphatic heterocycles. The number of hydrogen-bond acceptors (Lipinski definition) is 5. The molecule has 90 valence electrons. The first-order chi connectivity index (χ1) is 7.61. The smallest absolute Gasteiger partial charge is 0.154 e. The van der Waals surface area contributed by atoms with Gasteiger partial charge >= 0.3 is 0 Å². The molecule has 0 aliphatic carbocycles. The average molecular weight is 244 g/mol. The number of nitrogens with zero attached hydrogens (tertiary/aromatic N) is 2. The van der Waals surface area contributed by atoms with Crippen molar-refractivity contribution in [2.45, 2.75) is 25.2 Å². The Bertz CT molecular complexity index is 454. The summed E-state index contributed by atoms with van der Waals surface area (Å²) in [7, 11) is -2.87. The SMILES string of the molecule is NCCCc1nc(C2CCS(=O)(=O)C2)n[nH]1. The summed E-state index contributed by atoms with van der Waals surface area (Å²) in [6.07, 6.45) is 2.26. The predicted octanol–water partition coefficient (Wildman–Crippen LogP) is -0.402.